The molecule has 1 aromatic heterocycles. The zero-order valence-electron chi connectivity index (χ0n) is 15.4. The molecule has 0 aliphatic heterocycles. The van der Waals surface area contributed by atoms with E-state index in [0.29, 0.717) is 28.1 Å². The maximum absolute atomic E-state index is 11.4. The summed E-state index contributed by atoms with van der Waals surface area (Å²) < 4.78 is 5.95. The molecule has 1 heterocycles. The first-order valence-corrected chi connectivity index (χ1v) is 9.28. The van der Waals surface area contributed by atoms with Gasteiger partial charge in [0.2, 0.25) is 0 Å². The van der Waals surface area contributed by atoms with Gasteiger partial charge in [-0.05, 0) is 37.6 Å². The fourth-order valence-corrected chi connectivity index (χ4v) is 3.50. The zero-order chi connectivity index (χ0) is 18.7. The van der Waals surface area contributed by atoms with Crippen LogP contribution in [-0.4, -0.2) is 11.0 Å². The molecule has 4 nitrogen and oxygen atoms in total. The number of carbonyl (C=O) groups excluding carboxylic acids is 1. The second-order valence-electron chi connectivity index (χ2n) is 6.37. The Labute approximate surface area is 189 Å². The Kier molecular flexibility index (Phi) is 7.48. The van der Waals surface area contributed by atoms with Gasteiger partial charge < -0.3 is 14.6 Å². The normalized spacial score (nSPS) is 10.9. The average molecular weight is 410 g/mol. The number of aliphatic carboxylic acids is 1. The molecule has 0 aliphatic carbocycles. The van der Waals surface area contributed by atoms with Crippen molar-refractivity contribution < 1.29 is 44.2 Å². The Balaban J connectivity index is 0.00000261. The van der Waals surface area contributed by atoms with Crippen LogP contribution in [0.25, 0.3) is 10.6 Å². The van der Waals surface area contributed by atoms with Gasteiger partial charge in [-0.25, -0.2) is 4.98 Å². The maximum atomic E-state index is 11.4. The number of carboxylic acids is 1. The molecule has 7 heteroatoms. The Morgan fingerprint density at radius 2 is 1.93 bits per heavy atom. The number of benzene rings is 2. The quantitative estimate of drug-likeness (QED) is 0.571. The van der Waals surface area contributed by atoms with Gasteiger partial charge in [0.25, 0.3) is 0 Å². The number of nitrogens with zero attached hydrogens (tertiary/aromatic N) is 1. The number of aromatic nitrogens is 1. The molecular formula is C20H17ClNNaO3S. The predicted molar refractivity (Wildman–Crippen MR) is 101 cm³/mol. The third-order valence-electron chi connectivity index (χ3n) is 4.06. The molecule has 0 radical (unpaired) electrons. The van der Waals surface area contributed by atoms with Crippen LogP contribution < -0.4 is 39.4 Å². The summed E-state index contributed by atoms with van der Waals surface area (Å²) in [5, 5.41) is 14.3. The SMILES string of the molecule is CC(C)(C(=O)[O-])c1csc(-c2cc(Cl)ccc2OCc2ccccc2)n1.[Na+]. The van der Waals surface area contributed by atoms with E-state index in [1.165, 1.54) is 11.3 Å². The molecule has 0 amide bonds. The molecule has 0 saturated heterocycles. The van der Waals surface area contributed by atoms with Crippen molar-refractivity contribution in [3.8, 4) is 16.3 Å². The van der Waals surface area contributed by atoms with Gasteiger partial charge in [-0.2, -0.15) is 0 Å². The molecule has 0 bridgehead atoms. The van der Waals surface area contributed by atoms with Crippen LogP contribution in [0.5, 0.6) is 5.75 Å². The van der Waals surface area contributed by atoms with Crippen LogP contribution in [0.1, 0.15) is 25.1 Å². The second kappa shape index (κ2) is 9.22. The number of hydrogen-bond acceptors (Lipinski definition) is 5. The molecule has 0 atom stereocenters. The van der Waals surface area contributed by atoms with Crippen molar-refractivity contribution in [3.63, 3.8) is 0 Å². The molecule has 0 fully saturated rings. The molecule has 0 spiro atoms. The summed E-state index contributed by atoms with van der Waals surface area (Å²) in [4.78, 5) is 15.8. The molecule has 3 rings (SSSR count). The predicted octanol–water partition coefficient (Wildman–Crippen LogP) is 1.07. The minimum absolute atomic E-state index is 0. The first kappa shape index (κ1) is 21.9. The van der Waals surface area contributed by atoms with Crippen LogP contribution >= 0.6 is 22.9 Å². The van der Waals surface area contributed by atoms with Gasteiger partial charge in [-0.15, -0.1) is 11.3 Å². The van der Waals surface area contributed by atoms with Gasteiger partial charge in [0.1, 0.15) is 17.4 Å². The van der Waals surface area contributed by atoms with Gasteiger partial charge in [0, 0.05) is 15.8 Å². The van der Waals surface area contributed by atoms with E-state index in [1.807, 2.05) is 30.3 Å². The fourth-order valence-electron chi connectivity index (χ4n) is 2.32. The molecule has 0 unspecified atom stereocenters. The number of rotatable bonds is 6. The number of ether oxygens (including phenoxy) is 1. The van der Waals surface area contributed by atoms with E-state index in [0.717, 1.165) is 11.1 Å². The molecular weight excluding hydrogens is 393 g/mol. The average Bonchev–Trinajstić information content (AvgIpc) is 3.12. The molecule has 2 aromatic carbocycles. The van der Waals surface area contributed by atoms with Crippen molar-refractivity contribution in [2.75, 3.05) is 0 Å². The maximum Gasteiger partial charge on any atom is 1.00 e. The minimum atomic E-state index is -1.17. The second-order valence-corrected chi connectivity index (χ2v) is 7.66. The van der Waals surface area contributed by atoms with Crippen LogP contribution in [0, 0.1) is 0 Å². The van der Waals surface area contributed by atoms with Crippen LogP contribution in [0.3, 0.4) is 0 Å². The third kappa shape index (κ3) is 5.12. The first-order valence-electron chi connectivity index (χ1n) is 8.02. The summed E-state index contributed by atoms with van der Waals surface area (Å²) in [6.45, 7) is 3.57. The van der Waals surface area contributed by atoms with Crippen LogP contribution in [0.4, 0.5) is 0 Å². The summed E-state index contributed by atoms with van der Waals surface area (Å²) in [5.41, 5.74) is 1.06. The number of hydrogen-bond donors (Lipinski definition) is 0. The number of carbonyl (C=O) groups is 1. The molecule has 3 aromatic rings. The van der Waals surface area contributed by atoms with Crippen molar-refractivity contribution in [1.29, 1.82) is 0 Å². The van der Waals surface area contributed by atoms with Crippen LogP contribution in [-0.2, 0) is 16.8 Å². The summed E-state index contributed by atoms with van der Waals surface area (Å²) >= 11 is 7.50. The van der Waals surface area contributed by atoms with Gasteiger partial charge in [-0.1, -0.05) is 41.9 Å². The minimum Gasteiger partial charge on any atom is -0.549 e. The van der Waals surface area contributed by atoms with E-state index in [1.54, 1.807) is 37.4 Å². The monoisotopic (exact) mass is 409 g/mol. The van der Waals surface area contributed by atoms with E-state index in [2.05, 4.69) is 4.98 Å². The smallest absolute Gasteiger partial charge is 0.549 e. The van der Waals surface area contributed by atoms with Crippen LogP contribution in [0.15, 0.2) is 53.9 Å². The summed E-state index contributed by atoms with van der Waals surface area (Å²) in [6, 6.07) is 15.2. The van der Waals surface area contributed by atoms with Crippen LogP contribution in [0.2, 0.25) is 5.02 Å². The number of halogens is 1. The van der Waals surface area contributed by atoms with Gasteiger partial charge >= 0.3 is 29.6 Å². The molecule has 0 aliphatic rings. The van der Waals surface area contributed by atoms with E-state index in [9.17, 15) is 9.90 Å². The molecule has 134 valence electrons. The van der Waals surface area contributed by atoms with Crippen molar-refractivity contribution in [2.45, 2.75) is 25.9 Å². The van der Waals surface area contributed by atoms with Crippen molar-refractivity contribution >= 4 is 28.9 Å². The van der Waals surface area contributed by atoms with E-state index < -0.39 is 11.4 Å². The van der Waals surface area contributed by atoms with E-state index in [4.69, 9.17) is 16.3 Å². The fraction of sp³-hybridized carbons (Fsp3) is 0.200. The Bertz CT molecular complexity index is 928. The number of carboxylic acid groups (broad SMARTS) is 1. The van der Waals surface area contributed by atoms with Crippen molar-refractivity contribution in [1.82, 2.24) is 4.98 Å². The van der Waals surface area contributed by atoms with Crippen molar-refractivity contribution in [2.24, 2.45) is 0 Å². The number of thiazole rings is 1. The molecule has 0 N–H and O–H groups in total. The van der Waals surface area contributed by atoms with Gasteiger partial charge in [0.15, 0.2) is 0 Å². The Morgan fingerprint density at radius 1 is 1.22 bits per heavy atom. The Morgan fingerprint density at radius 3 is 2.59 bits per heavy atom. The van der Waals surface area contributed by atoms with E-state index >= 15 is 0 Å². The molecule has 27 heavy (non-hydrogen) atoms. The summed E-state index contributed by atoms with van der Waals surface area (Å²) in [6.07, 6.45) is 0. The first-order chi connectivity index (χ1) is 12.4. The van der Waals surface area contributed by atoms with Gasteiger partial charge in [-0.3, -0.25) is 0 Å². The topological polar surface area (TPSA) is 62.2 Å². The summed E-state index contributed by atoms with van der Waals surface area (Å²) in [7, 11) is 0. The van der Waals surface area contributed by atoms with E-state index in [-0.39, 0.29) is 29.6 Å². The zero-order valence-corrected chi connectivity index (χ0v) is 18.9. The van der Waals surface area contributed by atoms with Gasteiger partial charge in [0.05, 0.1) is 17.2 Å². The third-order valence-corrected chi connectivity index (χ3v) is 5.17. The largest absolute Gasteiger partial charge is 1.00 e. The Hall–Kier alpha value is -1.37. The molecule has 0 saturated carbocycles. The standard InChI is InChI=1S/C20H18ClNO3S.Na/c1-20(2,19(23)24)17-12-26-18(22-17)15-10-14(21)8-9-16(15)25-11-13-6-4-3-5-7-13;/h3-10,12H,11H2,1-2H3,(H,23,24);/q;+1/p-1. The summed E-state index contributed by atoms with van der Waals surface area (Å²) in [5.74, 6) is -0.522. The van der Waals surface area contributed by atoms with Crippen molar-refractivity contribution in [3.05, 3.63) is 70.2 Å².